The number of hydrazine groups is 1. The van der Waals surface area contributed by atoms with Crippen LogP contribution in [-0.4, -0.2) is 56.1 Å². The van der Waals surface area contributed by atoms with E-state index in [2.05, 4.69) is 10.7 Å². The molecule has 33 heavy (non-hydrogen) atoms. The largest absolute Gasteiger partial charge is 0.496 e. The number of benzene rings is 2. The molecule has 1 aliphatic rings. The molecule has 1 saturated heterocycles. The Morgan fingerprint density at radius 1 is 1.06 bits per heavy atom. The highest BCUT2D eigenvalue weighted by Gasteiger charge is 2.37. The molecule has 1 aliphatic heterocycles. The minimum atomic E-state index is -0.816. The first-order valence-corrected chi connectivity index (χ1v) is 10.2. The van der Waals surface area contributed by atoms with Crippen LogP contribution in [0.4, 0.5) is 5.69 Å². The zero-order chi connectivity index (χ0) is 24.0. The van der Waals surface area contributed by atoms with Crippen LogP contribution in [0.2, 0.25) is 0 Å². The molecule has 0 aliphatic carbocycles. The first kappa shape index (κ1) is 23.6. The molecule has 0 unspecified atom stereocenters. The number of rotatable bonds is 8. The van der Waals surface area contributed by atoms with E-state index in [-0.39, 0.29) is 30.0 Å². The average molecular weight is 455 g/mol. The van der Waals surface area contributed by atoms with E-state index in [9.17, 15) is 19.2 Å². The van der Waals surface area contributed by atoms with Gasteiger partial charge in [0.15, 0.2) is 6.61 Å². The molecule has 0 bridgehead atoms. The molecule has 1 atom stereocenters. The number of carbonyl (C=O) groups excluding carboxylic acids is 4. The van der Waals surface area contributed by atoms with Gasteiger partial charge in [0.2, 0.25) is 5.91 Å². The Labute approximate surface area is 190 Å². The number of nitrogens with zero attached hydrogens (tertiary/aromatic N) is 1. The molecule has 10 nitrogen and oxygen atoms in total. The molecule has 0 saturated carbocycles. The van der Waals surface area contributed by atoms with Gasteiger partial charge in [0.05, 0.1) is 26.7 Å². The van der Waals surface area contributed by atoms with Crippen molar-refractivity contribution in [1.82, 2.24) is 10.4 Å². The molecule has 2 aromatic carbocycles. The van der Waals surface area contributed by atoms with E-state index in [1.165, 1.54) is 14.2 Å². The van der Waals surface area contributed by atoms with E-state index in [0.29, 0.717) is 5.69 Å². The van der Waals surface area contributed by atoms with Gasteiger partial charge in [0.25, 0.3) is 11.8 Å². The maximum Gasteiger partial charge on any atom is 0.311 e. The van der Waals surface area contributed by atoms with Crippen molar-refractivity contribution in [2.24, 2.45) is 5.92 Å². The highest BCUT2D eigenvalue weighted by molar-refractivity contribution is 6.01. The van der Waals surface area contributed by atoms with Crippen molar-refractivity contribution in [1.29, 1.82) is 0 Å². The standard InChI is InChI=1S/C23H25N3O7/c1-14-6-4-7-16(10-14)24-19(27)13-33-23(30)15-11-20(28)26(12-15)25-22(29)21-17(31-2)8-5-9-18(21)32-3/h4-10,15H,11-13H2,1-3H3,(H,24,27)(H,25,29)/t15-/m1/s1. The number of amides is 3. The lowest BCUT2D eigenvalue weighted by molar-refractivity contribution is -0.151. The van der Waals surface area contributed by atoms with Crippen LogP contribution in [-0.2, 0) is 19.1 Å². The molecular weight excluding hydrogens is 430 g/mol. The topological polar surface area (TPSA) is 123 Å². The fourth-order valence-corrected chi connectivity index (χ4v) is 3.40. The second kappa shape index (κ2) is 10.5. The summed E-state index contributed by atoms with van der Waals surface area (Å²) >= 11 is 0. The highest BCUT2D eigenvalue weighted by atomic mass is 16.5. The number of esters is 1. The van der Waals surface area contributed by atoms with Crippen LogP contribution in [0.25, 0.3) is 0 Å². The molecule has 3 amide bonds. The van der Waals surface area contributed by atoms with Crippen LogP contribution < -0.4 is 20.2 Å². The lowest BCUT2D eigenvalue weighted by Gasteiger charge is -2.19. The third-order valence-electron chi connectivity index (χ3n) is 5.00. The van der Waals surface area contributed by atoms with Crippen molar-refractivity contribution < 1.29 is 33.4 Å². The summed E-state index contributed by atoms with van der Waals surface area (Å²) in [6.45, 7) is 1.32. The number of anilines is 1. The first-order chi connectivity index (χ1) is 15.8. The van der Waals surface area contributed by atoms with Crippen LogP contribution in [0.3, 0.4) is 0 Å². The van der Waals surface area contributed by atoms with Crippen molar-refractivity contribution in [2.75, 3.05) is 32.7 Å². The van der Waals surface area contributed by atoms with E-state index in [1.54, 1.807) is 36.4 Å². The van der Waals surface area contributed by atoms with E-state index < -0.39 is 36.2 Å². The second-order valence-corrected chi connectivity index (χ2v) is 7.41. The number of methoxy groups -OCH3 is 2. The minimum Gasteiger partial charge on any atom is -0.496 e. The minimum absolute atomic E-state index is 0.0830. The summed E-state index contributed by atoms with van der Waals surface area (Å²) in [7, 11) is 2.82. The zero-order valence-electron chi connectivity index (χ0n) is 18.5. The second-order valence-electron chi connectivity index (χ2n) is 7.41. The lowest BCUT2D eigenvalue weighted by atomic mass is 10.1. The highest BCUT2D eigenvalue weighted by Crippen LogP contribution is 2.28. The van der Waals surface area contributed by atoms with Crippen LogP contribution >= 0.6 is 0 Å². The van der Waals surface area contributed by atoms with Crippen molar-refractivity contribution in [3.8, 4) is 11.5 Å². The van der Waals surface area contributed by atoms with Crippen LogP contribution in [0.5, 0.6) is 11.5 Å². The summed E-state index contributed by atoms with van der Waals surface area (Å²) in [6, 6.07) is 12.0. The summed E-state index contributed by atoms with van der Waals surface area (Å²) in [4.78, 5) is 49.5. The maximum atomic E-state index is 12.8. The number of carbonyl (C=O) groups is 4. The third kappa shape index (κ3) is 5.79. The van der Waals surface area contributed by atoms with Crippen molar-refractivity contribution in [3.63, 3.8) is 0 Å². The Kier molecular flexibility index (Phi) is 7.50. The van der Waals surface area contributed by atoms with E-state index in [4.69, 9.17) is 14.2 Å². The third-order valence-corrected chi connectivity index (χ3v) is 5.00. The van der Waals surface area contributed by atoms with Crippen molar-refractivity contribution >= 4 is 29.4 Å². The predicted octanol–water partition coefficient (Wildman–Crippen LogP) is 1.69. The Balaban J connectivity index is 1.55. The van der Waals surface area contributed by atoms with Gasteiger partial charge in [0.1, 0.15) is 17.1 Å². The summed E-state index contributed by atoms with van der Waals surface area (Å²) in [5.41, 5.74) is 4.16. The summed E-state index contributed by atoms with van der Waals surface area (Å²) in [5.74, 6) is -2.54. The predicted molar refractivity (Wildman–Crippen MR) is 118 cm³/mol. The lowest BCUT2D eigenvalue weighted by Crippen LogP contribution is -2.43. The monoisotopic (exact) mass is 455 g/mol. The Bertz CT molecular complexity index is 1050. The summed E-state index contributed by atoms with van der Waals surface area (Å²) in [5, 5.41) is 3.69. The Morgan fingerprint density at radius 3 is 2.36 bits per heavy atom. The van der Waals surface area contributed by atoms with Gasteiger partial charge in [-0.25, -0.2) is 0 Å². The molecule has 0 radical (unpaired) electrons. The smallest absolute Gasteiger partial charge is 0.311 e. The number of hydrogen-bond acceptors (Lipinski definition) is 7. The van der Waals surface area contributed by atoms with Crippen molar-refractivity contribution in [2.45, 2.75) is 13.3 Å². The van der Waals surface area contributed by atoms with Crippen LogP contribution in [0.1, 0.15) is 22.3 Å². The van der Waals surface area contributed by atoms with Gasteiger partial charge in [-0.3, -0.25) is 29.6 Å². The number of hydrogen-bond donors (Lipinski definition) is 2. The van der Waals surface area contributed by atoms with Gasteiger partial charge in [-0.05, 0) is 36.8 Å². The van der Waals surface area contributed by atoms with Crippen LogP contribution in [0, 0.1) is 12.8 Å². The molecule has 1 heterocycles. The van der Waals surface area contributed by atoms with E-state index in [0.717, 1.165) is 10.6 Å². The number of aryl methyl sites for hydroxylation is 1. The van der Waals surface area contributed by atoms with Crippen molar-refractivity contribution in [3.05, 3.63) is 53.6 Å². The SMILES string of the molecule is COc1cccc(OC)c1C(=O)NN1C[C@H](C(=O)OCC(=O)Nc2cccc(C)c2)CC1=O. The number of ether oxygens (including phenoxy) is 3. The fraction of sp³-hybridized carbons (Fsp3) is 0.304. The summed E-state index contributed by atoms with van der Waals surface area (Å²) < 4.78 is 15.5. The molecular formula is C23H25N3O7. The molecule has 2 N–H and O–H groups in total. The Morgan fingerprint density at radius 2 is 1.73 bits per heavy atom. The fourth-order valence-electron chi connectivity index (χ4n) is 3.40. The van der Waals surface area contributed by atoms with Gasteiger partial charge in [0, 0.05) is 12.1 Å². The van der Waals surface area contributed by atoms with E-state index in [1.807, 2.05) is 13.0 Å². The molecule has 174 valence electrons. The molecule has 0 aromatic heterocycles. The first-order valence-electron chi connectivity index (χ1n) is 10.2. The normalized spacial score (nSPS) is 15.1. The van der Waals surface area contributed by atoms with Gasteiger partial charge in [-0.1, -0.05) is 18.2 Å². The maximum absolute atomic E-state index is 12.8. The molecule has 0 spiro atoms. The molecule has 2 aromatic rings. The quantitative estimate of drug-likeness (QED) is 0.581. The summed E-state index contributed by atoms with van der Waals surface area (Å²) in [6.07, 6.45) is -0.151. The number of nitrogens with one attached hydrogen (secondary N) is 2. The van der Waals surface area contributed by atoms with Gasteiger partial charge >= 0.3 is 5.97 Å². The average Bonchev–Trinajstić information content (AvgIpc) is 3.16. The van der Waals surface area contributed by atoms with Gasteiger partial charge in [-0.2, -0.15) is 0 Å². The van der Waals surface area contributed by atoms with Crippen LogP contribution in [0.15, 0.2) is 42.5 Å². The van der Waals surface area contributed by atoms with E-state index >= 15 is 0 Å². The van der Waals surface area contributed by atoms with Gasteiger partial charge < -0.3 is 19.5 Å². The van der Waals surface area contributed by atoms with Gasteiger partial charge in [-0.15, -0.1) is 0 Å². The molecule has 1 fully saturated rings. The Hall–Kier alpha value is -4.08. The molecule has 10 heteroatoms. The zero-order valence-corrected chi connectivity index (χ0v) is 18.5. The molecule has 3 rings (SSSR count).